The molecule has 0 fully saturated rings. The third-order valence-electron chi connectivity index (χ3n) is 4.31. The maximum atomic E-state index is 11.6. The predicted molar refractivity (Wildman–Crippen MR) is 98.7 cm³/mol. The van der Waals surface area contributed by atoms with E-state index < -0.39 is 20.2 Å². The third kappa shape index (κ3) is 4.91. The third-order valence-corrected chi connectivity index (χ3v) is 6.20. The average molecular weight is 399 g/mol. The van der Waals surface area contributed by atoms with Gasteiger partial charge in [0.2, 0.25) is 0 Å². The summed E-state index contributed by atoms with van der Waals surface area (Å²) >= 11 is 0. The van der Waals surface area contributed by atoms with E-state index in [1.165, 1.54) is 12.1 Å². The molecule has 6 nitrogen and oxygen atoms in total. The van der Waals surface area contributed by atoms with Gasteiger partial charge in [0.05, 0.1) is 9.79 Å². The van der Waals surface area contributed by atoms with Gasteiger partial charge in [-0.2, -0.15) is 16.8 Å². The Kier molecular flexibility index (Phi) is 5.92. The van der Waals surface area contributed by atoms with Crippen LogP contribution in [0.5, 0.6) is 0 Å². The van der Waals surface area contributed by atoms with Crippen LogP contribution in [0, 0.1) is 13.8 Å². The molecule has 2 N–H and O–H groups in total. The molecule has 2 aromatic rings. The van der Waals surface area contributed by atoms with Gasteiger partial charge in [-0.15, -0.1) is 0 Å². The molecule has 0 saturated heterocycles. The highest BCUT2D eigenvalue weighted by molar-refractivity contribution is 7.86. The van der Waals surface area contributed by atoms with Crippen molar-refractivity contribution in [3.05, 3.63) is 58.7 Å². The second kappa shape index (κ2) is 7.48. The molecule has 0 aromatic heterocycles. The summed E-state index contributed by atoms with van der Waals surface area (Å²) < 4.78 is 65.2. The second-order valence-electron chi connectivity index (χ2n) is 6.54. The van der Waals surface area contributed by atoms with Crippen molar-refractivity contribution in [2.75, 3.05) is 0 Å². The number of hydrogen-bond donors (Lipinski definition) is 2. The molecule has 26 heavy (non-hydrogen) atoms. The Balaban J connectivity index is 2.35. The first-order valence-corrected chi connectivity index (χ1v) is 10.9. The topological polar surface area (TPSA) is 109 Å². The fourth-order valence-corrected chi connectivity index (χ4v) is 4.50. The minimum atomic E-state index is -4.35. The zero-order valence-electron chi connectivity index (χ0n) is 14.8. The Bertz CT molecular complexity index is 1020. The Morgan fingerprint density at radius 2 is 1.35 bits per heavy atom. The van der Waals surface area contributed by atoms with Gasteiger partial charge in [0, 0.05) is 0 Å². The van der Waals surface area contributed by atoms with Gasteiger partial charge in [0.25, 0.3) is 20.2 Å². The Morgan fingerprint density at radius 3 is 1.88 bits per heavy atom. The Morgan fingerprint density at radius 1 is 0.846 bits per heavy atom. The molecule has 0 aliphatic carbocycles. The summed E-state index contributed by atoms with van der Waals surface area (Å²) in [5.74, 6) is -0.249. The van der Waals surface area contributed by atoms with Crippen molar-refractivity contribution in [3.63, 3.8) is 0 Å². The predicted octanol–water partition coefficient (Wildman–Crippen LogP) is 3.53. The number of aryl methyl sites for hydroxylation is 3. The van der Waals surface area contributed by atoms with Gasteiger partial charge in [0.15, 0.2) is 0 Å². The summed E-state index contributed by atoms with van der Waals surface area (Å²) in [4.78, 5) is -0.288. The van der Waals surface area contributed by atoms with Gasteiger partial charge in [-0.1, -0.05) is 42.3 Å². The van der Waals surface area contributed by atoms with E-state index in [0.29, 0.717) is 24.0 Å². The molecule has 2 aromatic carbocycles. The van der Waals surface area contributed by atoms with Crippen molar-refractivity contribution in [2.24, 2.45) is 0 Å². The Hall–Kier alpha value is -1.74. The first kappa shape index (κ1) is 20.6. The summed E-state index contributed by atoms with van der Waals surface area (Å²) in [5, 5.41) is 0. The van der Waals surface area contributed by atoms with Crippen molar-refractivity contribution in [1.82, 2.24) is 0 Å². The largest absolute Gasteiger partial charge is 0.294 e. The SMILES string of the molecule is Cc1ccc(S(=O)(=O)O)c(CC[C@@H](C)c2cc(C)ccc2S(=O)(=O)O)c1. The summed E-state index contributed by atoms with van der Waals surface area (Å²) in [5.41, 5.74) is 2.66. The fraction of sp³-hybridized carbons (Fsp3) is 0.333. The lowest BCUT2D eigenvalue weighted by Gasteiger charge is -2.17. The molecule has 2 rings (SSSR count). The molecule has 1 atom stereocenters. The molecule has 0 unspecified atom stereocenters. The minimum Gasteiger partial charge on any atom is -0.282 e. The van der Waals surface area contributed by atoms with Gasteiger partial charge < -0.3 is 0 Å². The summed E-state index contributed by atoms with van der Waals surface area (Å²) in [7, 11) is -8.69. The highest BCUT2D eigenvalue weighted by Gasteiger charge is 2.21. The van der Waals surface area contributed by atoms with Crippen molar-refractivity contribution >= 4 is 20.2 Å². The number of rotatable bonds is 6. The van der Waals surface area contributed by atoms with Crippen LogP contribution in [-0.2, 0) is 26.7 Å². The quantitative estimate of drug-likeness (QED) is 0.721. The van der Waals surface area contributed by atoms with E-state index in [4.69, 9.17) is 0 Å². The lowest BCUT2D eigenvalue weighted by atomic mass is 9.92. The second-order valence-corrected chi connectivity index (χ2v) is 9.32. The van der Waals surface area contributed by atoms with Gasteiger partial charge in [-0.25, -0.2) is 0 Å². The van der Waals surface area contributed by atoms with Gasteiger partial charge in [-0.05, 0) is 55.9 Å². The molecule has 8 heteroatoms. The molecule has 142 valence electrons. The van der Waals surface area contributed by atoms with E-state index in [0.717, 1.165) is 11.1 Å². The van der Waals surface area contributed by atoms with Gasteiger partial charge in [-0.3, -0.25) is 9.11 Å². The van der Waals surface area contributed by atoms with Crippen LogP contribution < -0.4 is 0 Å². The summed E-state index contributed by atoms with van der Waals surface area (Å²) in [6, 6.07) is 9.33. The standard InChI is InChI=1S/C18H22O6S2/c1-12-4-8-17(25(19,20)21)15(10-12)7-6-14(3)16-11-13(2)5-9-18(16)26(22,23)24/h4-5,8-11,14H,6-7H2,1-3H3,(H,19,20,21)(H,22,23,24)/t14-/m1/s1. The van der Waals surface area contributed by atoms with Crippen LogP contribution in [0.1, 0.15) is 41.5 Å². The van der Waals surface area contributed by atoms with E-state index in [-0.39, 0.29) is 15.7 Å². The van der Waals surface area contributed by atoms with E-state index in [1.54, 1.807) is 24.3 Å². The van der Waals surface area contributed by atoms with Crippen LogP contribution in [0.15, 0.2) is 46.2 Å². The van der Waals surface area contributed by atoms with Crippen molar-refractivity contribution < 1.29 is 25.9 Å². The maximum absolute atomic E-state index is 11.6. The monoisotopic (exact) mass is 398 g/mol. The highest BCUT2D eigenvalue weighted by atomic mass is 32.2. The zero-order chi connectivity index (χ0) is 19.7. The van der Waals surface area contributed by atoms with Crippen molar-refractivity contribution in [3.8, 4) is 0 Å². The zero-order valence-corrected chi connectivity index (χ0v) is 16.4. The fourth-order valence-electron chi connectivity index (χ4n) is 2.97. The van der Waals surface area contributed by atoms with E-state index in [9.17, 15) is 25.9 Å². The normalized spacial score (nSPS) is 13.6. The molecule has 0 aliphatic heterocycles. The van der Waals surface area contributed by atoms with E-state index in [2.05, 4.69) is 0 Å². The molecular formula is C18H22O6S2. The van der Waals surface area contributed by atoms with E-state index >= 15 is 0 Å². The van der Waals surface area contributed by atoms with Gasteiger partial charge in [0.1, 0.15) is 0 Å². The Labute approximate surface area is 154 Å². The van der Waals surface area contributed by atoms with Crippen LogP contribution in [0.25, 0.3) is 0 Å². The lowest BCUT2D eigenvalue weighted by molar-refractivity contribution is 0.480. The lowest BCUT2D eigenvalue weighted by Crippen LogP contribution is -2.08. The van der Waals surface area contributed by atoms with Crippen LogP contribution >= 0.6 is 0 Å². The molecule has 0 radical (unpaired) electrons. The average Bonchev–Trinajstić information content (AvgIpc) is 2.50. The van der Waals surface area contributed by atoms with Gasteiger partial charge >= 0.3 is 0 Å². The summed E-state index contributed by atoms with van der Waals surface area (Å²) in [6.07, 6.45) is 0.773. The molecule has 0 heterocycles. The first-order valence-electron chi connectivity index (χ1n) is 8.04. The highest BCUT2D eigenvalue weighted by Crippen LogP contribution is 2.30. The number of hydrogen-bond acceptors (Lipinski definition) is 4. The van der Waals surface area contributed by atoms with Crippen LogP contribution in [0.4, 0.5) is 0 Å². The van der Waals surface area contributed by atoms with Crippen molar-refractivity contribution in [2.45, 2.75) is 49.3 Å². The van der Waals surface area contributed by atoms with Crippen LogP contribution in [0.2, 0.25) is 0 Å². The summed E-state index contributed by atoms with van der Waals surface area (Å²) in [6.45, 7) is 5.45. The van der Waals surface area contributed by atoms with E-state index in [1.807, 2.05) is 20.8 Å². The maximum Gasteiger partial charge on any atom is 0.294 e. The van der Waals surface area contributed by atoms with Crippen LogP contribution in [0.3, 0.4) is 0 Å². The smallest absolute Gasteiger partial charge is 0.282 e. The molecular weight excluding hydrogens is 376 g/mol. The molecule has 0 bridgehead atoms. The van der Waals surface area contributed by atoms with Crippen LogP contribution in [-0.4, -0.2) is 25.9 Å². The van der Waals surface area contributed by atoms with Crippen molar-refractivity contribution in [1.29, 1.82) is 0 Å². The molecule has 0 amide bonds. The molecule has 0 saturated carbocycles. The minimum absolute atomic E-state index is 0.144. The molecule has 0 aliphatic rings. The first-order chi connectivity index (χ1) is 11.9. The number of benzene rings is 2. The molecule has 0 spiro atoms.